The van der Waals surface area contributed by atoms with E-state index in [1.54, 1.807) is 60.7 Å². The smallest absolute Gasteiger partial charge is 0.352 e. The number of carbonyl (C=O) groups is 8. The van der Waals surface area contributed by atoms with Gasteiger partial charge < -0.3 is 47.3 Å². The van der Waals surface area contributed by atoms with Crippen molar-refractivity contribution in [3.8, 4) is 0 Å². The van der Waals surface area contributed by atoms with Gasteiger partial charge in [0.1, 0.15) is 59.5 Å². The van der Waals surface area contributed by atoms with E-state index in [0.717, 1.165) is 9.80 Å². The van der Waals surface area contributed by atoms with E-state index in [1.165, 1.54) is 37.4 Å². The second kappa shape index (κ2) is 18.9. The molecule has 10 N–H and O–H groups in total. The number of nitrogens with zero attached hydrogens (tertiary/aromatic N) is 2. The molecular formula is C36H40N6O13S2. The first-order chi connectivity index (χ1) is 26.6. The SMILES string of the molecule is CC(=O)OCC1=C(C(=O)O)N2C(=O)[C@@H](NC(=O)[C@H](N)c3ccccc3)[C@H]2SC1.CC(=O)OCC1=C(C(=O)O)N2C(=O)[C@@H](NC(=O)[C@H](N)c3ccccc3)[C@H]2SC1.O. The van der Waals surface area contributed by atoms with E-state index in [9.17, 15) is 48.6 Å². The van der Waals surface area contributed by atoms with Gasteiger partial charge in [-0.3, -0.25) is 38.6 Å². The van der Waals surface area contributed by atoms with Crippen LogP contribution in [0.15, 0.2) is 83.2 Å². The second-order valence-corrected chi connectivity index (χ2v) is 14.9. The highest BCUT2D eigenvalue weighted by molar-refractivity contribution is 8.00. The van der Waals surface area contributed by atoms with E-state index in [0.29, 0.717) is 22.3 Å². The van der Waals surface area contributed by atoms with Gasteiger partial charge in [-0.25, -0.2) is 9.59 Å². The predicted octanol–water partition coefficient (Wildman–Crippen LogP) is -0.848. The molecular weight excluding hydrogens is 789 g/mol. The average Bonchev–Trinajstić information content (AvgIpc) is 3.19. The van der Waals surface area contributed by atoms with Gasteiger partial charge in [0.25, 0.3) is 11.8 Å². The molecule has 0 aliphatic carbocycles. The molecule has 0 spiro atoms. The first kappa shape index (κ1) is 44.0. The molecule has 2 aromatic rings. The molecule has 19 nitrogen and oxygen atoms in total. The van der Waals surface area contributed by atoms with Crippen molar-refractivity contribution < 1.29 is 63.5 Å². The number of thioether (sulfide) groups is 2. The summed E-state index contributed by atoms with van der Waals surface area (Å²) < 4.78 is 9.76. The molecule has 4 heterocycles. The van der Waals surface area contributed by atoms with Crippen LogP contribution in [0, 0.1) is 0 Å². The molecule has 2 aromatic carbocycles. The molecule has 6 atom stereocenters. The highest BCUT2D eigenvalue weighted by atomic mass is 32.2. The number of carboxylic acid groups (broad SMARTS) is 2. The summed E-state index contributed by atoms with van der Waals surface area (Å²) in [6, 6.07) is 13.8. The largest absolute Gasteiger partial charge is 0.477 e. The lowest BCUT2D eigenvalue weighted by Crippen LogP contribution is -2.71. The zero-order chi connectivity index (χ0) is 40.8. The minimum atomic E-state index is -1.29. The first-order valence-corrected chi connectivity index (χ1v) is 19.0. The van der Waals surface area contributed by atoms with Crippen molar-refractivity contribution in [2.24, 2.45) is 11.5 Å². The topological polar surface area (TPSA) is 310 Å². The number of ether oxygens (including phenoxy) is 2. The van der Waals surface area contributed by atoms with Gasteiger partial charge in [0.05, 0.1) is 0 Å². The molecule has 0 bridgehead atoms. The van der Waals surface area contributed by atoms with Crippen molar-refractivity contribution in [1.29, 1.82) is 0 Å². The Hall–Kier alpha value is -5.74. The van der Waals surface area contributed by atoms with Gasteiger partial charge in [0.15, 0.2) is 0 Å². The van der Waals surface area contributed by atoms with Crippen molar-refractivity contribution in [3.05, 3.63) is 94.3 Å². The number of benzene rings is 2. The highest BCUT2D eigenvalue weighted by Gasteiger charge is 2.55. The summed E-state index contributed by atoms with van der Waals surface area (Å²) in [6.07, 6.45) is 0. The Morgan fingerprint density at radius 3 is 1.32 bits per heavy atom. The van der Waals surface area contributed by atoms with Gasteiger partial charge in [-0.1, -0.05) is 60.7 Å². The lowest BCUT2D eigenvalue weighted by Gasteiger charge is -2.49. The van der Waals surface area contributed by atoms with Crippen molar-refractivity contribution >= 4 is 71.0 Å². The van der Waals surface area contributed by atoms with E-state index < -0.39 is 82.4 Å². The molecule has 0 aromatic heterocycles. The van der Waals surface area contributed by atoms with Crippen LogP contribution in [0.2, 0.25) is 0 Å². The van der Waals surface area contributed by atoms with Crippen LogP contribution in [0.5, 0.6) is 0 Å². The van der Waals surface area contributed by atoms with Gasteiger partial charge in [-0.15, -0.1) is 23.5 Å². The average molecular weight is 829 g/mol. The second-order valence-electron chi connectivity index (χ2n) is 12.6. The van der Waals surface area contributed by atoms with Gasteiger partial charge in [0, 0.05) is 36.5 Å². The number of hydrogen-bond donors (Lipinski definition) is 6. The van der Waals surface area contributed by atoms with Crippen LogP contribution in [-0.2, 0) is 47.8 Å². The van der Waals surface area contributed by atoms with Crippen LogP contribution in [0.25, 0.3) is 0 Å². The summed E-state index contributed by atoms with van der Waals surface area (Å²) in [5.74, 6) is -5.24. The Morgan fingerprint density at radius 1 is 0.684 bits per heavy atom. The molecule has 4 aliphatic rings. The summed E-state index contributed by atoms with van der Waals surface area (Å²) in [4.78, 5) is 97.5. The lowest BCUT2D eigenvalue weighted by molar-refractivity contribution is -0.151. The fourth-order valence-corrected chi connectivity index (χ4v) is 8.73. The molecule has 57 heavy (non-hydrogen) atoms. The van der Waals surface area contributed by atoms with E-state index in [-0.39, 0.29) is 41.6 Å². The highest BCUT2D eigenvalue weighted by Crippen LogP contribution is 2.42. The number of aliphatic carboxylic acids is 2. The minimum absolute atomic E-state index is 0. The Balaban J connectivity index is 0.000000248. The maximum absolute atomic E-state index is 12.5. The number of carboxylic acids is 2. The molecule has 2 saturated heterocycles. The van der Waals surface area contributed by atoms with Crippen molar-refractivity contribution in [2.45, 2.75) is 48.8 Å². The zero-order valence-electron chi connectivity index (χ0n) is 30.4. The maximum atomic E-state index is 12.5. The van der Waals surface area contributed by atoms with Crippen LogP contribution < -0.4 is 22.1 Å². The molecule has 304 valence electrons. The summed E-state index contributed by atoms with van der Waals surface area (Å²) in [7, 11) is 0. The number of carbonyl (C=O) groups excluding carboxylic acids is 6. The Morgan fingerprint density at radius 2 is 1.02 bits per heavy atom. The summed E-state index contributed by atoms with van der Waals surface area (Å²) >= 11 is 2.58. The Bertz CT molecular complexity index is 1860. The third-order valence-corrected chi connectivity index (χ3v) is 11.6. The molecule has 2 fully saturated rings. The molecule has 0 unspecified atom stereocenters. The fourth-order valence-electron chi connectivity index (χ4n) is 6.08. The number of nitrogens with one attached hydrogen (secondary N) is 2. The van der Waals surface area contributed by atoms with Gasteiger partial charge in [-0.05, 0) is 11.1 Å². The minimum Gasteiger partial charge on any atom is -0.477 e. The van der Waals surface area contributed by atoms with Crippen molar-refractivity contribution in [3.63, 3.8) is 0 Å². The first-order valence-electron chi connectivity index (χ1n) is 16.9. The number of rotatable bonds is 12. The molecule has 21 heteroatoms. The monoisotopic (exact) mass is 828 g/mol. The van der Waals surface area contributed by atoms with Crippen LogP contribution in [0.1, 0.15) is 37.1 Å². The van der Waals surface area contributed by atoms with Gasteiger partial charge in [0.2, 0.25) is 11.8 Å². The van der Waals surface area contributed by atoms with Crippen molar-refractivity contribution in [2.75, 3.05) is 24.7 Å². The number of nitrogens with two attached hydrogens (primary N) is 2. The standard InChI is InChI=1S/2C18H19N3O6S.H2O/c2*1-9(22)27-7-11-8-28-17-13(16(24)21(17)14(11)18(25)26)20-15(23)12(19)10-5-3-2-4-6-10;/h2*2-6,12-13,17H,7-8,19H2,1H3,(H,20,23)(H,25,26);1H2/t2*12-,13-,17-;/m11./s1. The number of amides is 4. The van der Waals surface area contributed by atoms with E-state index in [4.69, 9.17) is 20.9 Å². The Kier molecular flexibility index (Phi) is 14.6. The lowest BCUT2D eigenvalue weighted by atomic mass is 10.0. The van der Waals surface area contributed by atoms with Crippen LogP contribution in [0.4, 0.5) is 0 Å². The fraction of sp³-hybridized carbons (Fsp3) is 0.333. The summed E-state index contributed by atoms with van der Waals surface area (Å²) in [5.41, 5.74) is 13.4. The number of β-lactam (4-membered cyclic amide) rings is 2. The normalized spacial score (nSPS) is 21.7. The third kappa shape index (κ3) is 9.63. The summed E-state index contributed by atoms with van der Waals surface area (Å²) in [6.45, 7) is 2.04. The van der Waals surface area contributed by atoms with Crippen molar-refractivity contribution in [1.82, 2.24) is 20.4 Å². The van der Waals surface area contributed by atoms with Gasteiger partial charge in [-0.2, -0.15) is 0 Å². The van der Waals surface area contributed by atoms with Crippen LogP contribution in [-0.4, -0.2) is 121 Å². The van der Waals surface area contributed by atoms with Crippen LogP contribution >= 0.6 is 23.5 Å². The molecule has 0 radical (unpaired) electrons. The molecule has 6 rings (SSSR count). The molecule has 4 amide bonds. The quantitative estimate of drug-likeness (QED) is 0.112. The number of hydrogen-bond acceptors (Lipinski definition) is 14. The van der Waals surface area contributed by atoms with E-state index in [2.05, 4.69) is 10.6 Å². The number of esters is 2. The zero-order valence-corrected chi connectivity index (χ0v) is 32.0. The molecule has 0 saturated carbocycles. The van der Waals surface area contributed by atoms with E-state index in [1.807, 2.05) is 0 Å². The predicted molar refractivity (Wildman–Crippen MR) is 203 cm³/mol. The molecule has 4 aliphatic heterocycles. The van der Waals surface area contributed by atoms with Crippen LogP contribution in [0.3, 0.4) is 0 Å². The maximum Gasteiger partial charge on any atom is 0.352 e. The Labute approximate surface area is 333 Å². The number of fused-ring (bicyclic) bond motifs is 2. The van der Waals surface area contributed by atoms with Gasteiger partial charge >= 0.3 is 23.9 Å². The summed E-state index contributed by atoms with van der Waals surface area (Å²) in [5, 5.41) is 23.1. The third-order valence-electron chi connectivity index (χ3n) is 8.88. The van der Waals surface area contributed by atoms with E-state index >= 15 is 0 Å².